The van der Waals surface area contributed by atoms with Crippen LogP contribution in [0.1, 0.15) is 41.0 Å². The van der Waals surface area contributed by atoms with Gasteiger partial charge >= 0.3 is 0 Å². The van der Waals surface area contributed by atoms with Crippen molar-refractivity contribution in [1.29, 1.82) is 0 Å². The largest absolute Gasteiger partial charge is 0.340 e. The number of hydrogen-bond donors (Lipinski definition) is 2. The normalized spacial score (nSPS) is 16.9. The van der Waals surface area contributed by atoms with Gasteiger partial charge in [-0.1, -0.05) is 54.5 Å². The third-order valence-corrected chi connectivity index (χ3v) is 6.76. The van der Waals surface area contributed by atoms with Crippen molar-refractivity contribution >= 4 is 28.9 Å². The van der Waals surface area contributed by atoms with Crippen LogP contribution in [0.5, 0.6) is 0 Å². The Morgan fingerprint density at radius 2 is 1.79 bits per heavy atom. The van der Waals surface area contributed by atoms with E-state index in [2.05, 4.69) is 34.2 Å². The van der Waals surface area contributed by atoms with Crippen LogP contribution < -0.4 is 10.6 Å². The van der Waals surface area contributed by atoms with E-state index in [4.69, 9.17) is 4.99 Å². The Labute approximate surface area is 226 Å². The zero-order valence-corrected chi connectivity index (χ0v) is 21.3. The quantitative estimate of drug-likeness (QED) is 0.341. The van der Waals surface area contributed by atoms with Crippen LogP contribution in [0.25, 0.3) is 0 Å². The van der Waals surface area contributed by atoms with Crippen LogP contribution in [0.4, 0.5) is 20.2 Å². The van der Waals surface area contributed by atoms with E-state index in [1.54, 1.807) is 18.2 Å². The summed E-state index contributed by atoms with van der Waals surface area (Å²) in [6.45, 7) is 2.44. The summed E-state index contributed by atoms with van der Waals surface area (Å²) in [5.74, 6) is 3.34. The Morgan fingerprint density at radius 1 is 1.05 bits per heavy atom. The molecule has 2 aliphatic rings. The number of aliphatic imine (C=N–C) groups is 1. The molecule has 8 heteroatoms. The van der Waals surface area contributed by atoms with Crippen LogP contribution in [-0.2, 0) is 16.1 Å². The molecule has 1 unspecified atom stereocenters. The number of carbonyl (C=O) groups excluding carboxylic acids is 2. The Morgan fingerprint density at radius 3 is 2.51 bits per heavy atom. The number of alkyl halides is 2. The average molecular weight is 527 g/mol. The number of amides is 2. The molecule has 0 saturated carbocycles. The van der Waals surface area contributed by atoms with Crippen molar-refractivity contribution in [3.63, 3.8) is 0 Å². The summed E-state index contributed by atoms with van der Waals surface area (Å²) < 4.78 is 24.6. The zero-order valence-electron chi connectivity index (χ0n) is 21.3. The number of carbonyl (C=O) groups is 2. The van der Waals surface area contributed by atoms with Crippen molar-refractivity contribution in [2.45, 2.75) is 31.7 Å². The molecular formula is C31H28F2N4O2. The smallest absolute Gasteiger partial charge is 0.296 e. The van der Waals surface area contributed by atoms with E-state index in [0.717, 1.165) is 36.4 Å². The molecule has 6 nitrogen and oxygen atoms in total. The van der Waals surface area contributed by atoms with Gasteiger partial charge in [0, 0.05) is 23.7 Å². The van der Waals surface area contributed by atoms with Gasteiger partial charge in [0.15, 0.2) is 0 Å². The van der Waals surface area contributed by atoms with Gasteiger partial charge in [0.2, 0.25) is 5.91 Å². The van der Waals surface area contributed by atoms with Crippen molar-refractivity contribution in [3.8, 4) is 11.8 Å². The lowest BCUT2D eigenvalue weighted by molar-refractivity contribution is -0.116. The van der Waals surface area contributed by atoms with E-state index in [-0.39, 0.29) is 5.91 Å². The first-order valence-corrected chi connectivity index (χ1v) is 12.9. The van der Waals surface area contributed by atoms with E-state index in [1.807, 2.05) is 47.8 Å². The predicted octanol–water partition coefficient (Wildman–Crippen LogP) is 4.87. The highest BCUT2D eigenvalue weighted by molar-refractivity contribution is 6.24. The first-order chi connectivity index (χ1) is 19.0. The molecule has 3 aromatic rings. The highest BCUT2D eigenvalue weighted by Crippen LogP contribution is 2.37. The maximum atomic E-state index is 13.2. The summed E-state index contributed by atoms with van der Waals surface area (Å²) in [6.07, 6.45) is -0.145. The van der Waals surface area contributed by atoms with Gasteiger partial charge in [-0.05, 0) is 66.9 Å². The number of benzene rings is 3. The maximum absolute atomic E-state index is 13.2. The summed E-state index contributed by atoms with van der Waals surface area (Å²) in [6, 6.07) is 22.9. The van der Waals surface area contributed by atoms with E-state index >= 15 is 0 Å². The summed E-state index contributed by atoms with van der Waals surface area (Å²) in [7, 11) is 0. The highest BCUT2D eigenvalue weighted by Gasteiger charge is 2.35. The summed E-state index contributed by atoms with van der Waals surface area (Å²) in [4.78, 5) is 32.3. The van der Waals surface area contributed by atoms with Crippen molar-refractivity contribution in [2.75, 3.05) is 25.0 Å². The third-order valence-electron chi connectivity index (χ3n) is 6.76. The van der Waals surface area contributed by atoms with Crippen LogP contribution >= 0.6 is 0 Å². The van der Waals surface area contributed by atoms with Crippen molar-refractivity contribution in [2.24, 2.45) is 4.99 Å². The molecule has 0 bridgehead atoms. The lowest BCUT2D eigenvalue weighted by atomic mass is 9.90. The Kier molecular flexibility index (Phi) is 8.09. The standard InChI is InChI=1S/C31H28F2N4O2/c32-27(33)19-34-28(38)15-11-21-10-14-25-26(18-21)36-31(39)29(25)30(23-6-2-1-3-7-23)35-24-12-8-22(9-13-24)20-37-16-4-5-17-37/h1-3,6-10,12-14,18,27,29H,4-5,16-17,19-20H2,(H,34,38)(H,36,39). The molecule has 198 valence electrons. The van der Waals surface area contributed by atoms with Crippen LogP contribution in [0.3, 0.4) is 0 Å². The minimum atomic E-state index is -2.64. The van der Waals surface area contributed by atoms with Gasteiger partial charge in [-0.2, -0.15) is 0 Å². The first kappa shape index (κ1) is 26.3. The van der Waals surface area contributed by atoms with Crippen LogP contribution in [0.2, 0.25) is 0 Å². The molecule has 0 aromatic heterocycles. The third kappa shape index (κ3) is 6.57. The number of nitrogens with zero attached hydrogens (tertiary/aromatic N) is 2. The molecule has 1 saturated heterocycles. The molecule has 2 amide bonds. The molecule has 39 heavy (non-hydrogen) atoms. The predicted molar refractivity (Wildman–Crippen MR) is 147 cm³/mol. The molecule has 2 heterocycles. The van der Waals surface area contributed by atoms with Gasteiger partial charge in [0.25, 0.3) is 12.3 Å². The fourth-order valence-electron chi connectivity index (χ4n) is 4.87. The minimum Gasteiger partial charge on any atom is -0.340 e. The zero-order chi connectivity index (χ0) is 27.2. The number of nitrogens with one attached hydrogen (secondary N) is 2. The van der Waals surface area contributed by atoms with Crippen molar-refractivity contribution < 1.29 is 18.4 Å². The Balaban J connectivity index is 1.42. The molecule has 3 aromatic carbocycles. The number of halogens is 2. The van der Waals surface area contributed by atoms with Gasteiger partial charge in [0.1, 0.15) is 5.92 Å². The molecule has 0 spiro atoms. The van der Waals surface area contributed by atoms with E-state index < -0.39 is 24.8 Å². The topological polar surface area (TPSA) is 73.8 Å². The molecule has 0 aliphatic carbocycles. The fourth-order valence-corrected chi connectivity index (χ4v) is 4.87. The van der Waals surface area contributed by atoms with Gasteiger partial charge in [-0.15, -0.1) is 0 Å². The van der Waals surface area contributed by atoms with Gasteiger partial charge in [0.05, 0.1) is 17.9 Å². The second-order valence-corrected chi connectivity index (χ2v) is 9.59. The summed E-state index contributed by atoms with van der Waals surface area (Å²) >= 11 is 0. The monoisotopic (exact) mass is 526 g/mol. The minimum absolute atomic E-state index is 0.210. The first-order valence-electron chi connectivity index (χ1n) is 12.9. The van der Waals surface area contributed by atoms with Crippen LogP contribution in [0, 0.1) is 11.8 Å². The Bertz CT molecular complexity index is 1440. The van der Waals surface area contributed by atoms with E-state index in [0.29, 0.717) is 17.0 Å². The lowest BCUT2D eigenvalue weighted by Gasteiger charge is -2.15. The molecular weight excluding hydrogens is 498 g/mol. The number of fused-ring (bicyclic) bond motifs is 1. The average Bonchev–Trinajstić information content (AvgIpc) is 3.57. The van der Waals surface area contributed by atoms with Gasteiger partial charge in [-0.25, -0.2) is 8.78 Å². The van der Waals surface area contributed by atoms with E-state index in [9.17, 15) is 18.4 Å². The molecule has 1 fully saturated rings. The number of hydrogen-bond acceptors (Lipinski definition) is 4. The second-order valence-electron chi connectivity index (χ2n) is 9.59. The number of likely N-dealkylation sites (tertiary alicyclic amines) is 1. The molecule has 5 rings (SSSR count). The SMILES string of the molecule is O=C(C#Cc1ccc2c(c1)NC(=O)C2C(=Nc1ccc(CN2CCCC2)cc1)c1ccccc1)NCC(F)F. The second kappa shape index (κ2) is 12.0. The molecule has 2 N–H and O–H groups in total. The van der Waals surface area contributed by atoms with E-state index in [1.165, 1.54) is 18.4 Å². The summed E-state index contributed by atoms with van der Waals surface area (Å²) in [5, 5.41) is 4.95. The van der Waals surface area contributed by atoms with Crippen molar-refractivity contribution in [3.05, 3.63) is 95.1 Å². The van der Waals surface area contributed by atoms with Crippen molar-refractivity contribution in [1.82, 2.24) is 10.2 Å². The summed E-state index contributed by atoms with van der Waals surface area (Å²) in [5.41, 5.74) is 5.27. The fraction of sp³-hybridized carbons (Fsp3) is 0.258. The number of rotatable bonds is 7. The van der Waals surface area contributed by atoms with Crippen LogP contribution in [0.15, 0.2) is 77.8 Å². The van der Waals surface area contributed by atoms with Gasteiger partial charge < -0.3 is 10.6 Å². The number of anilines is 1. The molecule has 0 radical (unpaired) electrons. The molecule has 1 atom stereocenters. The maximum Gasteiger partial charge on any atom is 0.296 e. The molecule has 2 aliphatic heterocycles. The Hall–Kier alpha value is -4.35. The lowest BCUT2D eigenvalue weighted by Crippen LogP contribution is -2.26. The van der Waals surface area contributed by atoms with Gasteiger partial charge in [-0.3, -0.25) is 19.5 Å². The van der Waals surface area contributed by atoms with Crippen LogP contribution in [-0.4, -0.2) is 48.5 Å². The highest BCUT2D eigenvalue weighted by atomic mass is 19.3.